The summed E-state index contributed by atoms with van der Waals surface area (Å²) in [5.41, 5.74) is 5.91. The second-order valence-corrected chi connectivity index (χ2v) is 17.1. The summed E-state index contributed by atoms with van der Waals surface area (Å²) < 4.78 is 21.7. The molecule has 296 valence electrons. The van der Waals surface area contributed by atoms with E-state index in [1.165, 1.54) is 38.9 Å². The van der Waals surface area contributed by atoms with Crippen LogP contribution in [0.3, 0.4) is 0 Å². The molecule has 1 heterocycles. The minimum Gasteiger partial charge on any atom is -0.497 e. The van der Waals surface area contributed by atoms with Crippen LogP contribution in [0.25, 0.3) is 11.0 Å². The van der Waals surface area contributed by atoms with Crippen molar-refractivity contribution in [1.29, 1.82) is 0 Å². The van der Waals surface area contributed by atoms with Gasteiger partial charge in [-0.3, -0.25) is 14.4 Å². The van der Waals surface area contributed by atoms with Crippen molar-refractivity contribution >= 4 is 34.8 Å². The van der Waals surface area contributed by atoms with Crippen LogP contribution in [-0.2, 0) is 35.1 Å². The van der Waals surface area contributed by atoms with Gasteiger partial charge < -0.3 is 34.8 Å². The number of nitrogens with two attached hydrogens (primary N) is 1. The van der Waals surface area contributed by atoms with E-state index in [4.69, 9.17) is 24.4 Å². The molecule has 12 nitrogen and oxygen atoms in total. The second kappa shape index (κ2) is 16.4. The van der Waals surface area contributed by atoms with Crippen LogP contribution in [0.2, 0.25) is 0 Å². The fourth-order valence-electron chi connectivity index (χ4n) is 11.6. The average Bonchev–Trinajstić information content (AvgIpc) is 3.49. The lowest BCUT2D eigenvalue weighted by Gasteiger charge is -2.61. The third kappa shape index (κ3) is 8.19. The summed E-state index contributed by atoms with van der Waals surface area (Å²) in [7, 11) is 1.49. The zero-order valence-electron chi connectivity index (χ0n) is 32.2. The number of hydrogen-bond donors (Lipinski definition) is 3. The van der Waals surface area contributed by atoms with Gasteiger partial charge in [-0.05, 0) is 128 Å². The summed E-state index contributed by atoms with van der Waals surface area (Å²) in [6.45, 7) is 7.91. The fourth-order valence-corrected chi connectivity index (χ4v) is 11.6. The predicted molar refractivity (Wildman–Crippen MR) is 200 cm³/mol. The zero-order chi connectivity index (χ0) is 38.8. The molecule has 4 aliphatic carbocycles. The number of amides is 1. The van der Waals surface area contributed by atoms with Crippen molar-refractivity contribution in [1.82, 2.24) is 5.32 Å². The van der Waals surface area contributed by atoms with E-state index in [9.17, 15) is 29.1 Å². The summed E-state index contributed by atoms with van der Waals surface area (Å²) in [6.07, 6.45) is 9.52. The Balaban J connectivity index is 1.06. The third-order valence-corrected chi connectivity index (χ3v) is 14.2. The van der Waals surface area contributed by atoms with Gasteiger partial charge in [0, 0.05) is 30.5 Å². The zero-order valence-corrected chi connectivity index (χ0v) is 32.2. The molecule has 4 saturated carbocycles. The van der Waals surface area contributed by atoms with Crippen LogP contribution in [0, 0.1) is 46.3 Å². The molecule has 6 rings (SSSR count). The van der Waals surface area contributed by atoms with E-state index < -0.39 is 35.9 Å². The van der Waals surface area contributed by atoms with Crippen LogP contribution in [0.4, 0.5) is 0 Å². The van der Waals surface area contributed by atoms with Gasteiger partial charge in [-0.25, -0.2) is 9.59 Å². The maximum atomic E-state index is 13.5. The number of carbonyl (C=O) groups is 4. The molecule has 2 aromatic rings. The summed E-state index contributed by atoms with van der Waals surface area (Å²) in [6, 6.07) is 4.77. The highest BCUT2D eigenvalue weighted by Gasteiger charge is 2.60. The topological polar surface area (TPSA) is 184 Å². The van der Waals surface area contributed by atoms with Gasteiger partial charge in [-0.2, -0.15) is 0 Å². The fraction of sp³-hybridized carbons (Fsp3) is 0.690. The molecular weight excluding hydrogens is 692 g/mol. The molecule has 0 saturated heterocycles. The lowest BCUT2D eigenvalue weighted by atomic mass is 9.44. The Kier molecular flexibility index (Phi) is 12.1. The molecule has 4 fully saturated rings. The highest BCUT2D eigenvalue weighted by Crippen LogP contribution is 2.68. The summed E-state index contributed by atoms with van der Waals surface area (Å²) >= 11 is 0. The minimum absolute atomic E-state index is 0.146. The molecule has 0 aliphatic heterocycles. The van der Waals surface area contributed by atoms with Crippen LogP contribution in [0.5, 0.6) is 5.75 Å². The number of carboxylic acid groups (broad SMARTS) is 1. The summed E-state index contributed by atoms with van der Waals surface area (Å²) in [5, 5.41) is 12.7. The standard InChI is InChI=1S/C42H58N2O10/c1-24(5-12-38(48)52-18-17-43)31-10-11-32-30-8-6-26-21-28(13-15-41(26,2)33(30)14-16-42(31,32)3)53-40(50)34(23-37(46)47)44-36(45)19-25-20-39(49)54-35-22-27(51-4)7-9-29(25)35/h7,9,20,22,24,26,28,30-34H,5-6,8,10-19,21,23,43H2,1-4H3,(H,44,45)(H,46,47)/t24-,26-,28-,30+,31?,32+,33+,34+,41+,42-/m1/s1. The van der Waals surface area contributed by atoms with Gasteiger partial charge in [-0.1, -0.05) is 20.8 Å². The number of carbonyl (C=O) groups excluding carboxylic acids is 3. The molecule has 1 aromatic carbocycles. The number of methoxy groups -OCH3 is 1. The number of ether oxygens (including phenoxy) is 3. The van der Waals surface area contributed by atoms with Crippen LogP contribution < -0.4 is 21.4 Å². The summed E-state index contributed by atoms with van der Waals surface area (Å²) in [4.78, 5) is 63.0. The first-order chi connectivity index (χ1) is 25.7. The number of carboxylic acids is 1. The minimum atomic E-state index is -1.36. The molecule has 4 aliphatic rings. The molecule has 10 atom stereocenters. The normalized spacial score (nSPS) is 31.3. The molecule has 12 heteroatoms. The van der Waals surface area contributed by atoms with Gasteiger partial charge in [-0.15, -0.1) is 0 Å². The molecule has 0 bridgehead atoms. The Morgan fingerprint density at radius 3 is 2.52 bits per heavy atom. The number of hydrogen-bond acceptors (Lipinski definition) is 10. The van der Waals surface area contributed by atoms with Crippen molar-refractivity contribution in [3.8, 4) is 5.75 Å². The Bertz CT molecular complexity index is 1770. The van der Waals surface area contributed by atoms with Gasteiger partial charge in [0.05, 0.1) is 20.0 Å². The number of rotatable bonds is 14. The molecular formula is C42H58N2O10. The Morgan fingerprint density at radius 1 is 1.02 bits per heavy atom. The van der Waals surface area contributed by atoms with Gasteiger partial charge in [0.15, 0.2) is 0 Å². The number of nitrogens with one attached hydrogen (secondary N) is 1. The lowest BCUT2D eigenvalue weighted by Crippen LogP contribution is -2.54. The smallest absolute Gasteiger partial charge is 0.336 e. The van der Waals surface area contributed by atoms with Gasteiger partial charge in [0.1, 0.15) is 30.1 Å². The third-order valence-electron chi connectivity index (χ3n) is 14.2. The quantitative estimate of drug-likeness (QED) is 0.157. The van der Waals surface area contributed by atoms with E-state index in [1.807, 2.05) is 0 Å². The maximum absolute atomic E-state index is 13.5. The highest BCUT2D eigenvalue weighted by molar-refractivity contribution is 5.91. The van der Waals surface area contributed by atoms with Crippen LogP contribution in [-0.4, -0.2) is 61.3 Å². The Morgan fingerprint density at radius 2 is 1.78 bits per heavy atom. The average molecular weight is 751 g/mol. The van der Waals surface area contributed by atoms with E-state index in [0.717, 1.165) is 32.1 Å². The number of esters is 2. The van der Waals surface area contributed by atoms with E-state index >= 15 is 0 Å². The van der Waals surface area contributed by atoms with Gasteiger partial charge >= 0.3 is 23.5 Å². The monoisotopic (exact) mass is 750 g/mol. The molecule has 0 spiro atoms. The Hall–Kier alpha value is -3.93. The van der Waals surface area contributed by atoms with Crippen molar-refractivity contribution in [3.63, 3.8) is 0 Å². The van der Waals surface area contributed by atoms with E-state index in [1.54, 1.807) is 18.2 Å². The summed E-state index contributed by atoms with van der Waals surface area (Å²) in [5.74, 6) is 1.16. The maximum Gasteiger partial charge on any atom is 0.336 e. The van der Waals surface area contributed by atoms with Crippen molar-refractivity contribution in [2.45, 2.75) is 116 Å². The molecule has 54 heavy (non-hydrogen) atoms. The van der Waals surface area contributed by atoms with Gasteiger partial charge in [0.25, 0.3) is 0 Å². The van der Waals surface area contributed by atoms with E-state index in [0.29, 0.717) is 71.6 Å². The van der Waals surface area contributed by atoms with Crippen molar-refractivity contribution in [2.24, 2.45) is 52.1 Å². The molecule has 4 N–H and O–H groups in total. The second-order valence-electron chi connectivity index (χ2n) is 17.1. The SMILES string of the molecule is COc1ccc2c(CC(=O)N[C@@H](CC(=O)O)C(=O)O[C@@H]3CC[C@@]4(C)[C@H](CC[C@@H]5[C@@H]4CC[C@]4(C)C([C@H](C)CCC(=O)OCCN)CC[C@@H]54)C3)cc(=O)oc2c1. The van der Waals surface area contributed by atoms with Crippen molar-refractivity contribution in [2.75, 3.05) is 20.3 Å². The lowest BCUT2D eigenvalue weighted by molar-refractivity contribution is -0.167. The van der Waals surface area contributed by atoms with Crippen molar-refractivity contribution < 1.29 is 42.9 Å². The first-order valence-electron chi connectivity index (χ1n) is 19.9. The number of fused-ring (bicyclic) bond motifs is 6. The molecule has 1 amide bonds. The van der Waals surface area contributed by atoms with Crippen LogP contribution in [0.1, 0.15) is 103 Å². The first kappa shape index (κ1) is 39.8. The highest BCUT2D eigenvalue weighted by atomic mass is 16.5. The number of aliphatic carboxylic acids is 1. The molecule has 1 unspecified atom stereocenters. The largest absolute Gasteiger partial charge is 0.497 e. The Labute approximate surface area is 317 Å². The number of benzene rings is 1. The molecule has 0 radical (unpaired) electrons. The van der Waals surface area contributed by atoms with Crippen LogP contribution >= 0.6 is 0 Å². The van der Waals surface area contributed by atoms with Crippen molar-refractivity contribution in [3.05, 3.63) is 40.2 Å². The predicted octanol–water partition coefficient (Wildman–Crippen LogP) is 5.79. The van der Waals surface area contributed by atoms with Crippen LogP contribution in [0.15, 0.2) is 33.5 Å². The van der Waals surface area contributed by atoms with Gasteiger partial charge in [0.2, 0.25) is 5.91 Å². The first-order valence-corrected chi connectivity index (χ1v) is 19.9. The molecule has 1 aromatic heterocycles. The van der Waals surface area contributed by atoms with E-state index in [-0.39, 0.29) is 41.5 Å². The van der Waals surface area contributed by atoms with E-state index in [2.05, 4.69) is 26.1 Å².